The zero-order valence-electron chi connectivity index (χ0n) is 14.9. The highest BCUT2D eigenvalue weighted by molar-refractivity contribution is 14.0. The molecule has 0 saturated heterocycles. The standard InChI is InChI=1S/C18H22N6OS.HI/c1-3-15(25-9-1)7-8-19-18(20-11-16-4-2-10-26-16)23-14-5-6-17-21-13-22-24(17)12-14;/h1-4,9-10,13-14H,5-8,11-12H2,(H2,19,20,23);1H. The van der Waals surface area contributed by atoms with Crippen molar-refractivity contribution in [1.29, 1.82) is 0 Å². The van der Waals surface area contributed by atoms with E-state index in [1.54, 1.807) is 23.9 Å². The van der Waals surface area contributed by atoms with Crippen molar-refractivity contribution in [3.63, 3.8) is 0 Å². The van der Waals surface area contributed by atoms with Gasteiger partial charge in [0, 0.05) is 30.3 Å². The third-order valence-electron chi connectivity index (χ3n) is 4.36. The van der Waals surface area contributed by atoms with Crippen LogP contribution in [-0.2, 0) is 25.9 Å². The maximum Gasteiger partial charge on any atom is 0.191 e. The maximum atomic E-state index is 5.40. The van der Waals surface area contributed by atoms with Crippen LogP contribution in [-0.4, -0.2) is 33.3 Å². The summed E-state index contributed by atoms with van der Waals surface area (Å²) in [4.78, 5) is 10.3. The highest BCUT2D eigenvalue weighted by atomic mass is 127. The predicted octanol–water partition coefficient (Wildman–Crippen LogP) is 2.84. The zero-order chi connectivity index (χ0) is 17.6. The van der Waals surface area contributed by atoms with Gasteiger partial charge in [-0.1, -0.05) is 6.07 Å². The first-order valence-corrected chi connectivity index (χ1v) is 9.71. The number of hydrogen-bond acceptors (Lipinski definition) is 5. The lowest BCUT2D eigenvalue weighted by atomic mass is 10.1. The molecule has 1 aliphatic heterocycles. The zero-order valence-corrected chi connectivity index (χ0v) is 18.0. The van der Waals surface area contributed by atoms with Crippen LogP contribution in [0.1, 0.15) is 22.9 Å². The van der Waals surface area contributed by atoms with Gasteiger partial charge in [-0.05, 0) is 30.0 Å². The van der Waals surface area contributed by atoms with Gasteiger partial charge in [0.25, 0.3) is 0 Å². The summed E-state index contributed by atoms with van der Waals surface area (Å²) in [5, 5.41) is 13.3. The summed E-state index contributed by atoms with van der Waals surface area (Å²) >= 11 is 1.72. The Morgan fingerprint density at radius 3 is 3.15 bits per heavy atom. The summed E-state index contributed by atoms with van der Waals surface area (Å²) in [7, 11) is 0. The lowest BCUT2D eigenvalue weighted by Crippen LogP contribution is -2.47. The molecule has 3 aromatic heterocycles. The Hall–Kier alpha value is -1.88. The fourth-order valence-electron chi connectivity index (χ4n) is 3.02. The average Bonchev–Trinajstić information content (AvgIpc) is 3.41. The number of nitrogens with one attached hydrogen (secondary N) is 2. The van der Waals surface area contributed by atoms with Crippen LogP contribution >= 0.6 is 35.3 Å². The minimum atomic E-state index is 0. The van der Waals surface area contributed by atoms with E-state index in [9.17, 15) is 0 Å². The Morgan fingerprint density at radius 2 is 2.33 bits per heavy atom. The predicted molar refractivity (Wildman–Crippen MR) is 117 cm³/mol. The van der Waals surface area contributed by atoms with Gasteiger partial charge in [-0.2, -0.15) is 5.10 Å². The van der Waals surface area contributed by atoms with Crippen molar-refractivity contribution in [2.24, 2.45) is 4.99 Å². The molecular weight excluding hydrogens is 475 g/mol. The van der Waals surface area contributed by atoms with Gasteiger partial charge in [-0.25, -0.2) is 14.7 Å². The van der Waals surface area contributed by atoms with Gasteiger partial charge in [-0.3, -0.25) is 0 Å². The maximum absolute atomic E-state index is 5.40. The molecule has 1 unspecified atom stereocenters. The Bertz CT molecular complexity index is 830. The third kappa shape index (κ3) is 5.55. The lowest BCUT2D eigenvalue weighted by molar-refractivity contribution is 0.392. The average molecular weight is 498 g/mol. The molecule has 0 aliphatic carbocycles. The quantitative estimate of drug-likeness (QED) is 0.311. The molecule has 0 fully saturated rings. The van der Waals surface area contributed by atoms with Crippen LogP contribution in [0.3, 0.4) is 0 Å². The molecule has 0 spiro atoms. The van der Waals surface area contributed by atoms with Crippen molar-refractivity contribution in [1.82, 2.24) is 25.4 Å². The molecule has 3 aromatic rings. The van der Waals surface area contributed by atoms with Crippen molar-refractivity contribution in [2.45, 2.75) is 38.4 Å². The highest BCUT2D eigenvalue weighted by Gasteiger charge is 2.20. The second-order valence-corrected chi connectivity index (χ2v) is 7.27. The third-order valence-corrected chi connectivity index (χ3v) is 5.22. The fraction of sp³-hybridized carbons (Fsp3) is 0.389. The number of fused-ring (bicyclic) bond motifs is 1. The second kappa shape index (κ2) is 9.88. The summed E-state index contributed by atoms with van der Waals surface area (Å²) in [6.07, 6.45) is 6.12. The van der Waals surface area contributed by atoms with Crippen LogP contribution in [0.15, 0.2) is 51.6 Å². The minimum Gasteiger partial charge on any atom is -0.469 e. The molecule has 144 valence electrons. The first-order chi connectivity index (χ1) is 12.9. The van der Waals surface area contributed by atoms with Gasteiger partial charge in [0.2, 0.25) is 0 Å². The first-order valence-electron chi connectivity index (χ1n) is 8.83. The highest BCUT2D eigenvalue weighted by Crippen LogP contribution is 2.12. The van der Waals surface area contributed by atoms with E-state index >= 15 is 0 Å². The fourth-order valence-corrected chi connectivity index (χ4v) is 3.65. The van der Waals surface area contributed by atoms with Crippen molar-refractivity contribution in [3.05, 3.63) is 58.7 Å². The molecule has 9 heteroatoms. The SMILES string of the molecule is I.c1coc(CCNC(=NCc2cccs2)NC2CCc3ncnn3C2)c1. The van der Waals surface area contributed by atoms with E-state index in [2.05, 4.69) is 38.2 Å². The molecule has 0 bridgehead atoms. The van der Waals surface area contributed by atoms with Crippen LogP contribution in [0.2, 0.25) is 0 Å². The van der Waals surface area contributed by atoms with Crippen LogP contribution in [0.4, 0.5) is 0 Å². The summed E-state index contributed by atoms with van der Waals surface area (Å²) in [5.74, 6) is 2.87. The van der Waals surface area contributed by atoms with Crippen molar-refractivity contribution < 1.29 is 4.42 Å². The first kappa shape index (κ1) is 19.9. The molecule has 0 saturated carbocycles. The summed E-state index contributed by atoms with van der Waals surface area (Å²) in [5.41, 5.74) is 0. The normalized spacial score (nSPS) is 16.4. The number of thiophene rings is 1. The number of aliphatic imine (C=N–C) groups is 1. The van der Waals surface area contributed by atoms with E-state index in [0.717, 1.165) is 49.9 Å². The molecular formula is C18H23IN6OS. The molecule has 7 nitrogen and oxygen atoms in total. The Labute approximate surface area is 179 Å². The topological polar surface area (TPSA) is 80.3 Å². The van der Waals surface area contributed by atoms with Gasteiger partial charge >= 0.3 is 0 Å². The van der Waals surface area contributed by atoms with Crippen LogP contribution < -0.4 is 10.6 Å². The molecule has 2 N–H and O–H groups in total. The van der Waals surface area contributed by atoms with Gasteiger partial charge in [0.15, 0.2) is 5.96 Å². The summed E-state index contributed by atoms with van der Waals surface area (Å²) < 4.78 is 7.37. The molecule has 4 rings (SSSR count). The Morgan fingerprint density at radius 1 is 1.37 bits per heavy atom. The molecule has 0 radical (unpaired) electrons. The van der Waals surface area contributed by atoms with Crippen LogP contribution in [0.25, 0.3) is 0 Å². The molecule has 1 atom stereocenters. The molecule has 0 amide bonds. The van der Waals surface area contributed by atoms with Crippen molar-refractivity contribution >= 4 is 41.3 Å². The van der Waals surface area contributed by atoms with E-state index in [-0.39, 0.29) is 24.0 Å². The van der Waals surface area contributed by atoms with Gasteiger partial charge in [0.05, 0.1) is 19.4 Å². The number of rotatable bonds is 6. The van der Waals surface area contributed by atoms with Gasteiger partial charge < -0.3 is 15.1 Å². The van der Waals surface area contributed by atoms with E-state index < -0.39 is 0 Å². The van der Waals surface area contributed by atoms with Gasteiger partial charge in [0.1, 0.15) is 17.9 Å². The molecule has 0 aromatic carbocycles. The monoisotopic (exact) mass is 498 g/mol. The number of furan rings is 1. The Balaban J connectivity index is 0.00000210. The smallest absolute Gasteiger partial charge is 0.191 e. The number of aryl methyl sites for hydroxylation is 1. The summed E-state index contributed by atoms with van der Waals surface area (Å²) in [6, 6.07) is 8.36. The summed E-state index contributed by atoms with van der Waals surface area (Å²) in [6.45, 7) is 2.26. The van der Waals surface area contributed by atoms with E-state index in [4.69, 9.17) is 9.41 Å². The van der Waals surface area contributed by atoms with E-state index in [0.29, 0.717) is 12.6 Å². The number of nitrogens with zero attached hydrogens (tertiary/aromatic N) is 4. The Kier molecular flexibility index (Phi) is 7.27. The van der Waals surface area contributed by atoms with Crippen molar-refractivity contribution in [3.8, 4) is 0 Å². The van der Waals surface area contributed by atoms with E-state index in [1.807, 2.05) is 16.8 Å². The number of guanidine groups is 1. The number of halogens is 1. The number of hydrogen-bond donors (Lipinski definition) is 2. The molecule has 27 heavy (non-hydrogen) atoms. The minimum absolute atomic E-state index is 0. The number of aromatic nitrogens is 3. The van der Waals surface area contributed by atoms with Crippen LogP contribution in [0, 0.1) is 0 Å². The van der Waals surface area contributed by atoms with E-state index in [1.165, 1.54) is 4.88 Å². The van der Waals surface area contributed by atoms with Crippen LogP contribution in [0.5, 0.6) is 0 Å². The lowest BCUT2D eigenvalue weighted by Gasteiger charge is -2.25. The second-order valence-electron chi connectivity index (χ2n) is 6.24. The molecule has 4 heterocycles. The molecule has 1 aliphatic rings. The van der Waals surface area contributed by atoms with Gasteiger partial charge in [-0.15, -0.1) is 35.3 Å². The van der Waals surface area contributed by atoms with Crippen molar-refractivity contribution in [2.75, 3.05) is 6.54 Å². The largest absolute Gasteiger partial charge is 0.469 e.